The van der Waals surface area contributed by atoms with Crippen LogP contribution in [-0.4, -0.2) is 47.5 Å². The standard InChI is InChI=1S/C17H32N2OS/c1-17(2,3)16(20)19-10-8-13(9-11-19)18-14-6-5-7-15(12-14)21-4/h13-15,18H,5-12H2,1-4H3/t14-,15+/m0/s1. The Morgan fingerprint density at radius 1 is 1.10 bits per heavy atom. The first kappa shape index (κ1) is 17.1. The number of likely N-dealkylation sites (tertiary alicyclic amines) is 1. The normalized spacial score (nSPS) is 28.7. The monoisotopic (exact) mass is 312 g/mol. The number of hydrogen-bond donors (Lipinski definition) is 1. The zero-order valence-electron chi connectivity index (χ0n) is 14.2. The molecule has 1 saturated heterocycles. The average molecular weight is 313 g/mol. The summed E-state index contributed by atoms with van der Waals surface area (Å²) in [6.07, 6.45) is 9.87. The van der Waals surface area contributed by atoms with Crippen molar-refractivity contribution >= 4 is 17.7 Å². The summed E-state index contributed by atoms with van der Waals surface area (Å²) in [6.45, 7) is 7.90. The molecule has 0 radical (unpaired) electrons. The third-order valence-corrected chi connectivity index (χ3v) is 5.95. The summed E-state index contributed by atoms with van der Waals surface area (Å²) in [5, 5.41) is 4.72. The molecule has 0 unspecified atom stereocenters. The summed E-state index contributed by atoms with van der Waals surface area (Å²) in [5.74, 6) is 0.307. The van der Waals surface area contributed by atoms with Crippen molar-refractivity contribution in [1.29, 1.82) is 0 Å². The van der Waals surface area contributed by atoms with Crippen molar-refractivity contribution in [3.05, 3.63) is 0 Å². The minimum atomic E-state index is -0.241. The van der Waals surface area contributed by atoms with Gasteiger partial charge < -0.3 is 10.2 Å². The fourth-order valence-electron chi connectivity index (χ4n) is 3.57. The minimum Gasteiger partial charge on any atom is -0.342 e. The van der Waals surface area contributed by atoms with Crippen LogP contribution in [0.1, 0.15) is 59.3 Å². The number of piperidine rings is 1. The molecule has 1 saturated carbocycles. The van der Waals surface area contributed by atoms with E-state index < -0.39 is 0 Å². The highest BCUT2D eigenvalue weighted by Crippen LogP contribution is 2.28. The van der Waals surface area contributed by atoms with Crippen molar-refractivity contribution in [3.63, 3.8) is 0 Å². The number of thioether (sulfide) groups is 1. The molecule has 1 aliphatic heterocycles. The number of carbonyl (C=O) groups excluding carboxylic acids is 1. The van der Waals surface area contributed by atoms with Gasteiger partial charge in [0.25, 0.3) is 0 Å². The maximum absolute atomic E-state index is 12.3. The van der Waals surface area contributed by atoms with Crippen LogP contribution in [0, 0.1) is 5.41 Å². The lowest BCUT2D eigenvalue weighted by atomic mass is 9.91. The fourth-order valence-corrected chi connectivity index (χ4v) is 4.39. The Morgan fingerprint density at radius 2 is 1.76 bits per heavy atom. The Bertz CT molecular complexity index is 345. The van der Waals surface area contributed by atoms with Crippen LogP contribution < -0.4 is 5.32 Å². The predicted octanol–water partition coefficient (Wildman–Crippen LogP) is 3.29. The summed E-state index contributed by atoms with van der Waals surface area (Å²) in [4.78, 5) is 14.4. The number of amides is 1. The molecule has 1 aliphatic carbocycles. The first-order valence-electron chi connectivity index (χ1n) is 8.48. The molecule has 122 valence electrons. The molecule has 21 heavy (non-hydrogen) atoms. The van der Waals surface area contributed by atoms with Crippen LogP contribution in [0.2, 0.25) is 0 Å². The van der Waals surface area contributed by atoms with E-state index in [0.29, 0.717) is 18.0 Å². The van der Waals surface area contributed by atoms with Crippen molar-refractivity contribution in [2.45, 2.75) is 76.6 Å². The van der Waals surface area contributed by atoms with Gasteiger partial charge in [-0.25, -0.2) is 0 Å². The van der Waals surface area contributed by atoms with Crippen LogP contribution >= 0.6 is 11.8 Å². The Kier molecular flexibility index (Phi) is 6.01. The SMILES string of the molecule is CS[C@@H]1CCC[C@H](NC2CCN(C(=O)C(C)(C)C)CC2)C1. The molecule has 2 aliphatic rings. The van der Waals surface area contributed by atoms with Gasteiger partial charge in [-0.2, -0.15) is 11.8 Å². The molecule has 1 N–H and O–H groups in total. The molecule has 2 fully saturated rings. The topological polar surface area (TPSA) is 32.3 Å². The van der Waals surface area contributed by atoms with Crippen LogP contribution in [0.15, 0.2) is 0 Å². The second-order valence-corrected chi connectivity index (χ2v) is 8.84. The Morgan fingerprint density at radius 3 is 2.33 bits per heavy atom. The van der Waals surface area contributed by atoms with E-state index >= 15 is 0 Å². The molecule has 0 spiro atoms. The third kappa shape index (κ3) is 4.88. The third-order valence-electron chi connectivity index (χ3n) is 4.85. The molecule has 0 aromatic carbocycles. The molecule has 4 heteroatoms. The van der Waals surface area contributed by atoms with Gasteiger partial charge in [-0.05, 0) is 38.4 Å². The maximum Gasteiger partial charge on any atom is 0.227 e. The van der Waals surface area contributed by atoms with Gasteiger partial charge in [-0.3, -0.25) is 4.79 Å². The molecule has 2 rings (SSSR count). The second-order valence-electron chi connectivity index (χ2n) is 7.70. The predicted molar refractivity (Wildman–Crippen MR) is 91.8 cm³/mol. The number of carbonyl (C=O) groups is 1. The van der Waals surface area contributed by atoms with Gasteiger partial charge in [-0.1, -0.05) is 27.2 Å². The van der Waals surface area contributed by atoms with Crippen LogP contribution in [0.5, 0.6) is 0 Å². The zero-order chi connectivity index (χ0) is 15.5. The minimum absolute atomic E-state index is 0.241. The van der Waals surface area contributed by atoms with E-state index in [1.165, 1.54) is 25.7 Å². The lowest BCUT2D eigenvalue weighted by molar-refractivity contribution is -0.140. The van der Waals surface area contributed by atoms with Crippen molar-refractivity contribution in [2.75, 3.05) is 19.3 Å². The summed E-state index contributed by atoms with van der Waals surface area (Å²) in [5.41, 5.74) is -0.241. The lowest BCUT2D eigenvalue weighted by Gasteiger charge is -2.38. The van der Waals surface area contributed by atoms with Gasteiger partial charge >= 0.3 is 0 Å². The molecular formula is C17H32N2OS. The van der Waals surface area contributed by atoms with Gasteiger partial charge in [0.1, 0.15) is 0 Å². The van der Waals surface area contributed by atoms with Crippen LogP contribution in [-0.2, 0) is 4.79 Å². The molecule has 0 bridgehead atoms. The Balaban J connectivity index is 1.75. The van der Waals surface area contributed by atoms with Crippen molar-refractivity contribution in [3.8, 4) is 0 Å². The molecule has 0 aromatic heterocycles. The number of hydrogen-bond acceptors (Lipinski definition) is 3. The van der Waals surface area contributed by atoms with Gasteiger partial charge in [0, 0.05) is 35.8 Å². The van der Waals surface area contributed by atoms with Crippen LogP contribution in [0.25, 0.3) is 0 Å². The van der Waals surface area contributed by atoms with Gasteiger partial charge in [0.05, 0.1) is 0 Å². The summed E-state index contributed by atoms with van der Waals surface area (Å²) in [7, 11) is 0. The highest BCUT2D eigenvalue weighted by atomic mass is 32.2. The highest BCUT2D eigenvalue weighted by Gasteiger charge is 2.31. The van der Waals surface area contributed by atoms with Crippen molar-refractivity contribution in [2.24, 2.45) is 5.41 Å². The van der Waals surface area contributed by atoms with E-state index in [-0.39, 0.29) is 5.41 Å². The van der Waals surface area contributed by atoms with Gasteiger partial charge in [0.15, 0.2) is 0 Å². The van der Waals surface area contributed by atoms with Crippen molar-refractivity contribution < 1.29 is 4.79 Å². The smallest absolute Gasteiger partial charge is 0.227 e. The second kappa shape index (κ2) is 7.36. The fraction of sp³-hybridized carbons (Fsp3) is 0.941. The Labute approximate surface area is 134 Å². The summed E-state index contributed by atoms with van der Waals surface area (Å²) < 4.78 is 0. The summed E-state index contributed by atoms with van der Waals surface area (Å²) >= 11 is 2.03. The first-order chi connectivity index (χ1) is 9.90. The van der Waals surface area contributed by atoms with Gasteiger partial charge in [-0.15, -0.1) is 0 Å². The Hall–Kier alpha value is -0.220. The number of nitrogens with zero attached hydrogens (tertiary/aromatic N) is 1. The largest absolute Gasteiger partial charge is 0.342 e. The molecule has 1 heterocycles. The zero-order valence-corrected chi connectivity index (χ0v) is 15.0. The van der Waals surface area contributed by atoms with E-state index in [1.807, 2.05) is 32.5 Å². The van der Waals surface area contributed by atoms with Crippen LogP contribution in [0.3, 0.4) is 0 Å². The highest BCUT2D eigenvalue weighted by molar-refractivity contribution is 7.99. The van der Waals surface area contributed by atoms with Crippen molar-refractivity contribution in [1.82, 2.24) is 10.2 Å². The van der Waals surface area contributed by atoms with E-state index in [4.69, 9.17) is 0 Å². The molecule has 3 nitrogen and oxygen atoms in total. The quantitative estimate of drug-likeness (QED) is 0.868. The number of nitrogens with one attached hydrogen (secondary N) is 1. The molecular weight excluding hydrogens is 280 g/mol. The molecule has 1 amide bonds. The van der Waals surface area contributed by atoms with Gasteiger partial charge in [0.2, 0.25) is 5.91 Å². The van der Waals surface area contributed by atoms with E-state index in [0.717, 1.165) is 31.2 Å². The molecule has 0 aromatic rings. The van der Waals surface area contributed by atoms with Crippen LogP contribution in [0.4, 0.5) is 0 Å². The first-order valence-corrected chi connectivity index (χ1v) is 9.77. The summed E-state index contributed by atoms with van der Waals surface area (Å²) in [6, 6.07) is 1.31. The lowest BCUT2D eigenvalue weighted by Crippen LogP contribution is -2.50. The molecule has 2 atom stereocenters. The van der Waals surface area contributed by atoms with E-state index in [9.17, 15) is 4.79 Å². The number of rotatable bonds is 3. The van der Waals surface area contributed by atoms with E-state index in [1.54, 1.807) is 0 Å². The maximum atomic E-state index is 12.3. The average Bonchev–Trinajstić information content (AvgIpc) is 2.46. The van der Waals surface area contributed by atoms with E-state index in [2.05, 4.69) is 16.5 Å².